The van der Waals surface area contributed by atoms with Gasteiger partial charge in [0.1, 0.15) is 12.0 Å². The maximum atomic E-state index is 6.20. The van der Waals surface area contributed by atoms with Crippen molar-refractivity contribution in [2.45, 2.75) is 13.0 Å². The van der Waals surface area contributed by atoms with Crippen LogP contribution in [0.5, 0.6) is 0 Å². The van der Waals surface area contributed by atoms with Crippen molar-refractivity contribution in [1.29, 1.82) is 0 Å². The molecule has 7 nitrogen and oxygen atoms in total. The number of nitrogens with zero attached hydrogens (tertiary/aromatic N) is 3. The quantitative estimate of drug-likeness (QED) is 0.610. The third-order valence-electron chi connectivity index (χ3n) is 4.34. The van der Waals surface area contributed by atoms with Crippen molar-refractivity contribution in [1.82, 2.24) is 14.9 Å². The molecular weight excluding hydrogens is 352 g/mol. The van der Waals surface area contributed by atoms with Crippen LogP contribution in [0.1, 0.15) is 12.0 Å². The molecule has 1 aliphatic heterocycles. The minimum absolute atomic E-state index is 0.519. The van der Waals surface area contributed by atoms with Gasteiger partial charge < -0.3 is 21.1 Å². The molecule has 140 valence electrons. The number of hydrogen-bond donors (Lipinski definition) is 3. The number of aromatic nitrogens is 2. The summed E-state index contributed by atoms with van der Waals surface area (Å²) in [7, 11) is 0. The molecule has 4 N–H and O–H groups in total. The highest BCUT2D eigenvalue weighted by Crippen LogP contribution is 2.24. The molecule has 0 unspecified atom stereocenters. The van der Waals surface area contributed by atoms with Gasteiger partial charge in [-0.3, -0.25) is 4.90 Å². The first-order chi connectivity index (χ1) is 12.7. The number of rotatable bonds is 8. The summed E-state index contributed by atoms with van der Waals surface area (Å²) in [5.41, 5.74) is 7.71. The lowest BCUT2D eigenvalue weighted by Crippen LogP contribution is -2.37. The van der Waals surface area contributed by atoms with E-state index in [0.29, 0.717) is 28.9 Å². The predicted molar refractivity (Wildman–Crippen MR) is 106 cm³/mol. The number of halogens is 1. The van der Waals surface area contributed by atoms with E-state index < -0.39 is 0 Å². The Morgan fingerprint density at radius 2 is 1.85 bits per heavy atom. The smallest absolute Gasteiger partial charge is 0.155 e. The molecule has 0 aliphatic carbocycles. The lowest BCUT2D eigenvalue weighted by Gasteiger charge is -2.26. The summed E-state index contributed by atoms with van der Waals surface area (Å²) >= 11 is 6.18. The van der Waals surface area contributed by atoms with Crippen molar-refractivity contribution in [2.75, 3.05) is 55.8 Å². The molecule has 0 spiro atoms. The summed E-state index contributed by atoms with van der Waals surface area (Å²) in [6, 6.07) is 7.69. The number of ether oxygens (including phenoxy) is 1. The van der Waals surface area contributed by atoms with Crippen molar-refractivity contribution < 1.29 is 4.74 Å². The fraction of sp³-hybridized carbons (Fsp3) is 0.444. The van der Waals surface area contributed by atoms with Crippen molar-refractivity contribution in [3.63, 3.8) is 0 Å². The largest absolute Gasteiger partial charge is 0.393 e. The molecule has 1 aromatic heterocycles. The summed E-state index contributed by atoms with van der Waals surface area (Å²) in [5.74, 6) is 1.26. The summed E-state index contributed by atoms with van der Waals surface area (Å²) in [5, 5.41) is 7.25. The number of morpholine rings is 1. The third kappa shape index (κ3) is 5.20. The number of nitrogens with one attached hydrogen (secondary N) is 2. The average molecular weight is 377 g/mol. The SMILES string of the molecule is Nc1c(NCCCN2CCOCC2)ncnc1NCc1ccccc1Cl. The summed E-state index contributed by atoms with van der Waals surface area (Å²) in [4.78, 5) is 10.9. The molecule has 26 heavy (non-hydrogen) atoms. The van der Waals surface area contributed by atoms with Crippen LogP contribution in [0.4, 0.5) is 17.3 Å². The van der Waals surface area contributed by atoms with E-state index in [2.05, 4.69) is 25.5 Å². The zero-order valence-corrected chi connectivity index (χ0v) is 15.5. The van der Waals surface area contributed by atoms with Crippen LogP contribution >= 0.6 is 11.6 Å². The minimum atomic E-state index is 0.519. The van der Waals surface area contributed by atoms with Gasteiger partial charge in [0.25, 0.3) is 0 Å². The van der Waals surface area contributed by atoms with Gasteiger partial charge in [-0.05, 0) is 24.6 Å². The van der Waals surface area contributed by atoms with E-state index in [4.69, 9.17) is 22.1 Å². The Labute approximate surface area is 158 Å². The number of benzene rings is 1. The van der Waals surface area contributed by atoms with Gasteiger partial charge in [-0.2, -0.15) is 0 Å². The molecule has 8 heteroatoms. The zero-order valence-electron chi connectivity index (χ0n) is 14.7. The molecule has 0 bridgehead atoms. The molecule has 0 atom stereocenters. The van der Waals surface area contributed by atoms with Crippen LogP contribution in [0.25, 0.3) is 0 Å². The Balaban J connectivity index is 1.49. The Morgan fingerprint density at radius 3 is 2.62 bits per heavy atom. The van der Waals surface area contributed by atoms with Gasteiger partial charge in [0, 0.05) is 31.2 Å². The third-order valence-corrected chi connectivity index (χ3v) is 4.70. The van der Waals surface area contributed by atoms with E-state index in [0.717, 1.165) is 51.4 Å². The maximum absolute atomic E-state index is 6.20. The van der Waals surface area contributed by atoms with Crippen LogP contribution in [-0.4, -0.2) is 54.3 Å². The van der Waals surface area contributed by atoms with Gasteiger partial charge in [0.15, 0.2) is 11.6 Å². The maximum Gasteiger partial charge on any atom is 0.155 e. The molecule has 0 radical (unpaired) electrons. The van der Waals surface area contributed by atoms with Crippen LogP contribution in [0.3, 0.4) is 0 Å². The van der Waals surface area contributed by atoms with Gasteiger partial charge in [-0.1, -0.05) is 29.8 Å². The van der Waals surface area contributed by atoms with Gasteiger partial charge in [0.05, 0.1) is 13.2 Å². The standard InChI is InChI=1S/C18H25ClN6O/c19-15-5-2-1-4-14(15)12-22-18-16(20)17(23-13-24-18)21-6-3-7-25-8-10-26-11-9-25/h1-2,4-5,13H,3,6-12,20H2,(H2,21,22,23,24). The van der Waals surface area contributed by atoms with E-state index in [1.165, 1.54) is 6.33 Å². The predicted octanol–water partition coefficient (Wildman–Crippen LogP) is 2.46. The Hall–Kier alpha value is -2.09. The highest BCUT2D eigenvalue weighted by Gasteiger charge is 2.11. The normalized spacial score (nSPS) is 15.0. The molecule has 1 aliphatic rings. The van der Waals surface area contributed by atoms with Crippen molar-refractivity contribution in [2.24, 2.45) is 0 Å². The minimum Gasteiger partial charge on any atom is -0.393 e. The highest BCUT2D eigenvalue weighted by atomic mass is 35.5. The number of hydrogen-bond acceptors (Lipinski definition) is 7. The highest BCUT2D eigenvalue weighted by molar-refractivity contribution is 6.31. The molecule has 1 fully saturated rings. The molecular formula is C18H25ClN6O. The fourth-order valence-corrected chi connectivity index (χ4v) is 3.03. The van der Waals surface area contributed by atoms with Gasteiger partial charge in [-0.25, -0.2) is 9.97 Å². The van der Waals surface area contributed by atoms with E-state index in [-0.39, 0.29) is 0 Å². The van der Waals surface area contributed by atoms with Crippen LogP contribution in [-0.2, 0) is 11.3 Å². The molecule has 2 aromatic rings. The second-order valence-electron chi connectivity index (χ2n) is 6.16. The lowest BCUT2D eigenvalue weighted by atomic mass is 10.2. The van der Waals surface area contributed by atoms with E-state index in [1.54, 1.807) is 0 Å². The zero-order chi connectivity index (χ0) is 18.2. The summed E-state index contributed by atoms with van der Waals surface area (Å²) in [6.07, 6.45) is 2.53. The number of anilines is 3. The van der Waals surface area contributed by atoms with Crippen LogP contribution in [0.2, 0.25) is 5.02 Å². The van der Waals surface area contributed by atoms with Crippen LogP contribution in [0, 0.1) is 0 Å². The Kier molecular flexibility index (Phi) is 6.88. The van der Waals surface area contributed by atoms with Gasteiger partial charge in [0.2, 0.25) is 0 Å². The van der Waals surface area contributed by atoms with E-state index >= 15 is 0 Å². The van der Waals surface area contributed by atoms with Crippen molar-refractivity contribution >= 4 is 28.9 Å². The molecule has 1 saturated heterocycles. The molecule has 3 rings (SSSR count). The molecule has 1 aromatic carbocycles. The first-order valence-electron chi connectivity index (χ1n) is 8.86. The van der Waals surface area contributed by atoms with E-state index in [9.17, 15) is 0 Å². The summed E-state index contributed by atoms with van der Waals surface area (Å²) < 4.78 is 5.36. The number of nitrogens with two attached hydrogens (primary N) is 1. The molecule has 2 heterocycles. The van der Waals surface area contributed by atoms with E-state index in [1.807, 2.05) is 24.3 Å². The first-order valence-corrected chi connectivity index (χ1v) is 9.23. The second kappa shape index (κ2) is 9.56. The van der Waals surface area contributed by atoms with Gasteiger partial charge in [-0.15, -0.1) is 0 Å². The topological polar surface area (TPSA) is 88.3 Å². The average Bonchev–Trinajstić information content (AvgIpc) is 2.67. The van der Waals surface area contributed by atoms with Crippen molar-refractivity contribution in [3.05, 3.63) is 41.2 Å². The van der Waals surface area contributed by atoms with Crippen LogP contribution < -0.4 is 16.4 Å². The monoisotopic (exact) mass is 376 g/mol. The molecule has 0 saturated carbocycles. The van der Waals surface area contributed by atoms with Crippen molar-refractivity contribution in [3.8, 4) is 0 Å². The van der Waals surface area contributed by atoms with Gasteiger partial charge >= 0.3 is 0 Å². The lowest BCUT2D eigenvalue weighted by molar-refractivity contribution is 0.0378. The Morgan fingerprint density at radius 1 is 1.12 bits per heavy atom. The summed E-state index contributed by atoms with van der Waals surface area (Å²) in [6.45, 7) is 6.07. The number of nitrogen functional groups attached to an aromatic ring is 1. The molecule has 0 amide bonds. The Bertz CT molecular complexity index is 708. The first kappa shape index (κ1) is 18.7. The fourth-order valence-electron chi connectivity index (χ4n) is 2.83. The van der Waals surface area contributed by atoms with Crippen LogP contribution in [0.15, 0.2) is 30.6 Å². The second-order valence-corrected chi connectivity index (χ2v) is 6.57.